The number of hydrogen-bond acceptors (Lipinski definition) is 5. The SMILES string of the molecule is Cc1sc(CNC2=NCCN2C)nc1C(C)C.I. The number of guanidine groups is 1. The van der Waals surface area contributed by atoms with Gasteiger partial charge < -0.3 is 10.2 Å². The molecule has 1 aliphatic rings. The van der Waals surface area contributed by atoms with Gasteiger partial charge in [-0.15, -0.1) is 35.3 Å². The van der Waals surface area contributed by atoms with E-state index in [4.69, 9.17) is 0 Å². The molecule has 6 heteroatoms. The first-order valence-electron chi connectivity index (χ1n) is 6.03. The first kappa shape index (κ1) is 15.7. The average molecular weight is 380 g/mol. The van der Waals surface area contributed by atoms with Crippen molar-refractivity contribution in [1.29, 1.82) is 0 Å². The highest BCUT2D eigenvalue weighted by Crippen LogP contribution is 2.23. The lowest BCUT2D eigenvalue weighted by Crippen LogP contribution is -2.35. The van der Waals surface area contributed by atoms with Gasteiger partial charge in [0.05, 0.1) is 18.8 Å². The van der Waals surface area contributed by atoms with Crippen LogP contribution in [0.5, 0.6) is 0 Å². The molecular formula is C12H21IN4S. The summed E-state index contributed by atoms with van der Waals surface area (Å²) in [6.07, 6.45) is 0. The third-order valence-electron chi connectivity index (χ3n) is 2.88. The zero-order chi connectivity index (χ0) is 12.4. The van der Waals surface area contributed by atoms with Crippen molar-refractivity contribution < 1.29 is 0 Å². The molecule has 0 atom stereocenters. The number of aryl methyl sites for hydroxylation is 1. The zero-order valence-electron chi connectivity index (χ0n) is 11.4. The van der Waals surface area contributed by atoms with Gasteiger partial charge in [0.1, 0.15) is 5.01 Å². The molecule has 0 fully saturated rings. The summed E-state index contributed by atoms with van der Waals surface area (Å²) >= 11 is 1.78. The minimum absolute atomic E-state index is 0. The van der Waals surface area contributed by atoms with Gasteiger partial charge >= 0.3 is 0 Å². The maximum Gasteiger partial charge on any atom is 0.194 e. The lowest BCUT2D eigenvalue weighted by Gasteiger charge is -2.14. The van der Waals surface area contributed by atoms with Gasteiger partial charge in [0.25, 0.3) is 0 Å². The Morgan fingerprint density at radius 1 is 1.44 bits per heavy atom. The summed E-state index contributed by atoms with van der Waals surface area (Å²) in [5.41, 5.74) is 1.23. The fraction of sp³-hybridized carbons (Fsp3) is 0.667. The molecule has 2 rings (SSSR count). The quantitative estimate of drug-likeness (QED) is 0.820. The molecule has 1 aromatic heterocycles. The van der Waals surface area contributed by atoms with E-state index in [1.54, 1.807) is 11.3 Å². The minimum Gasteiger partial charge on any atom is -0.350 e. The van der Waals surface area contributed by atoms with Crippen LogP contribution in [0.1, 0.15) is 35.3 Å². The Bertz CT molecular complexity index is 428. The maximum atomic E-state index is 4.68. The summed E-state index contributed by atoms with van der Waals surface area (Å²) in [4.78, 5) is 12.6. The highest BCUT2D eigenvalue weighted by atomic mass is 127. The minimum atomic E-state index is 0. The Balaban J connectivity index is 0.00000162. The molecule has 1 aromatic rings. The molecule has 0 amide bonds. The normalized spacial score (nSPS) is 14.7. The van der Waals surface area contributed by atoms with Crippen molar-refractivity contribution in [3.8, 4) is 0 Å². The smallest absolute Gasteiger partial charge is 0.194 e. The van der Waals surface area contributed by atoms with Crippen LogP contribution in [-0.4, -0.2) is 36.0 Å². The summed E-state index contributed by atoms with van der Waals surface area (Å²) in [7, 11) is 2.06. The average Bonchev–Trinajstić information content (AvgIpc) is 2.82. The van der Waals surface area contributed by atoms with Gasteiger partial charge in [-0.25, -0.2) is 4.98 Å². The molecule has 0 bridgehead atoms. The molecule has 102 valence electrons. The molecule has 0 unspecified atom stereocenters. The Hall–Kier alpha value is -0.370. The number of aliphatic imine (C=N–C) groups is 1. The van der Waals surface area contributed by atoms with E-state index in [1.807, 2.05) is 0 Å². The molecule has 0 radical (unpaired) electrons. The van der Waals surface area contributed by atoms with Gasteiger partial charge in [-0.05, 0) is 12.8 Å². The molecule has 1 N–H and O–H groups in total. The van der Waals surface area contributed by atoms with Crippen LogP contribution >= 0.6 is 35.3 Å². The number of hydrogen-bond donors (Lipinski definition) is 1. The van der Waals surface area contributed by atoms with E-state index in [9.17, 15) is 0 Å². The van der Waals surface area contributed by atoms with Crippen LogP contribution < -0.4 is 5.32 Å². The summed E-state index contributed by atoms with van der Waals surface area (Å²) < 4.78 is 0. The first-order chi connectivity index (χ1) is 8.08. The third-order valence-corrected chi connectivity index (χ3v) is 3.87. The van der Waals surface area contributed by atoms with Gasteiger partial charge in [-0.1, -0.05) is 13.8 Å². The van der Waals surface area contributed by atoms with Crippen molar-refractivity contribution in [2.75, 3.05) is 20.1 Å². The molecule has 2 heterocycles. The van der Waals surface area contributed by atoms with E-state index in [0.717, 1.165) is 30.6 Å². The largest absolute Gasteiger partial charge is 0.350 e. The van der Waals surface area contributed by atoms with E-state index < -0.39 is 0 Å². The van der Waals surface area contributed by atoms with Gasteiger partial charge in [0.2, 0.25) is 0 Å². The van der Waals surface area contributed by atoms with Crippen molar-refractivity contribution in [3.63, 3.8) is 0 Å². The lowest BCUT2D eigenvalue weighted by molar-refractivity contribution is 0.533. The van der Waals surface area contributed by atoms with Crippen LogP contribution in [0.25, 0.3) is 0 Å². The van der Waals surface area contributed by atoms with Crippen molar-refractivity contribution >= 4 is 41.3 Å². The number of rotatable bonds is 3. The van der Waals surface area contributed by atoms with Crippen LogP contribution in [0, 0.1) is 6.92 Å². The molecule has 18 heavy (non-hydrogen) atoms. The molecular weight excluding hydrogens is 359 g/mol. The fourth-order valence-corrected chi connectivity index (χ4v) is 2.98. The van der Waals surface area contributed by atoms with Crippen molar-refractivity contribution in [1.82, 2.24) is 15.2 Å². The first-order valence-corrected chi connectivity index (χ1v) is 6.85. The Labute approximate surface area is 130 Å². The summed E-state index contributed by atoms with van der Waals surface area (Å²) in [6.45, 7) is 9.21. The van der Waals surface area contributed by atoms with Crippen LogP contribution in [0.4, 0.5) is 0 Å². The van der Waals surface area contributed by atoms with Gasteiger partial charge in [0, 0.05) is 18.5 Å². The van der Waals surface area contributed by atoms with Crippen molar-refractivity contribution in [2.45, 2.75) is 33.2 Å². The van der Waals surface area contributed by atoms with Crippen LogP contribution in [0.15, 0.2) is 4.99 Å². The molecule has 1 aliphatic heterocycles. The number of nitrogens with zero attached hydrogens (tertiary/aromatic N) is 3. The molecule has 4 nitrogen and oxygen atoms in total. The van der Waals surface area contributed by atoms with Crippen molar-refractivity contribution in [2.24, 2.45) is 4.99 Å². The predicted molar refractivity (Wildman–Crippen MR) is 88.1 cm³/mol. The Kier molecular flexibility index (Phi) is 5.84. The fourth-order valence-electron chi connectivity index (χ4n) is 1.95. The monoisotopic (exact) mass is 380 g/mol. The highest BCUT2D eigenvalue weighted by molar-refractivity contribution is 14.0. The topological polar surface area (TPSA) is 40.5 Å². The second kappa shape index (κ2) is 6.70. The maximum absolute atomic E-state index is 4.68. The molecule has 0 saturated heterocycles. The van der Waals surface area contributed by atoms with Gasteiger partial charge in [-0.2, -0.15) is 0 Å². The van der Waals surface area contributed by atoms with Crippen LogP contribution in [0.3, 0.4) is 0 Å². The third kappa shape index (κ3) is 3.57. The van der Waals surface area contributed by atoms with E-state index in [-0.39, 0.29) is 24.0 Å². The Morgan fingerprint density at radius 2 is 2.17 bits per heavy atom. The van der Waals surface area contributed by atoms with E-state index in [1.165, 1.54) is 10.6 Å². The highest BCUT2D eigenvalue weighted by Gasteiger charge is 2.14. The molecule has 0 aromatic carbocycles. The number of aromatic nitrogens is 1. The summed E-state index contributed by atoms with van der Waals surface area (Å²) in [6, 6.07) is 0. The summed E-state index contributed by atoms with van der Waals surface area (Å²) in [5, 5.41) is 4.50. The molecule has 0 aliphatic carbocycles. The standard InChI is InChI=1S/C12H20N4S.HI/c1-8(2)11-9(3)17-10(15-11)7-14-12-13-5-6-16(12)4;/h8H,5-7H2,1-4H3,(H,13,14);1H. The van der Waals surface area contributed by atoms with Gasteiger partial charge in [0.15, 0.2) is 5.96 Å². The number of thiazole rings is 1. The Morgan fingerprint density at radius 3 is 2.67 bits per heavy atom. The van der Waals surface area contributed by atoms with Crippen LogP contribution in [-0.2, 0) is 6.54 Å². The summed E-state index contributed by atoms with van der Waals surface area (Å²) in [5.74, 6) is 1.50. The molecule has 0 saturated carbocycles. The number of likely N-dealkylation sites (N-methyl/N-ethyl adjacent to an activating group) is 1. The van der Waals surface area contributed by atoms with E-state index in [2.05, 4.69) is 48.0 Å². The lowest BCUT2D eigenvalue weighted by atomic mass is 10.1. The number of halogens is 1. The van der Waals surface area contributed by atoms with Gasteiger partial charge in [-0.3, -0.25) is 4.99 Å². The second-order valence-electron chi connectivity index (χ2n) is 4.68. The van der Waals surface area contributed by atoms with E-state index in [0.29, 0.717) is 5.92 Å². The molecule has 0 spiro atoms. The number of nitrogens with one attached hydrogen (secondary N) is 1. The van der Waals surface area contributed by atoms with E-state index >= 15 is 0 Å². The zero-order valence-corrected chi connectivity index (χ0v) is 14.5. The second-order valence-corrected chi connectivity index (χ2v) is 5.97. The van der Waals surface area contributed by atoms with Crippen molar-refractivity contribution in [3.05, 3.63) is 15.6 Å². The van der Waals surface area contributed by atoms with Crippen LogP contribution in [0.2, 0.25) is 0 Å². The predicted octanol–water partition coefficient (Wildman–Crippen LogP) is 2.58.